The second-order valence-corrected chi connectivity index (χ2v) is 13.0. The third kappa shape index (κ3) is 7.15. The van der Waals surface area contributed by atoms with Crippen molar-refractivity contribution in [3.05, 3.63) is 71.8 Å². The maximum atomic E-state index is 11.9. The van der Waals surface area contributed by atoms with E-state index < -0.39 is 6.16 Å². The number of benzene rings is 3. The molecule has 0 bridgehead atoms. The van der Waals surface area contributed by atoms with Crippen molar-refractivity contribution in [2.45, 2.75) is 91.0 Å². The number of hydrogen-bond acceptors (Lipinski definition) is 4. The van der Waals surface area contributed by atoms with Crippen molar-refractivity contribution in [3.63, 3.8) is 0 Å². The van der Waals surface area contributed by atoms with Crippen molar-refractivity contribution in [3.8, 4) is 33.8 Å². The van der Waals surface area contributed by atoms with Crippen LogP contribution in [0.25, 0.3) is 22.3 Å². The largest absolute Gasteiger partial charge is 0.511 e. The fraction of sp³-hybridized carbons (Fsp3) is 0.444. The first-order chi connectivity index (χ1) is 19.8. The topological polar surface area (TPSA) is 76.1 Å². The summed E-state index contributed by atoms with van der Waals surface area (Å²) in [4.78, 5) is 24.7. The first-order valence-corrected chi connectivity index (χ1v) is 15.0. The SMILES string of the molecule is CC(=O)N(CCCCOc1ccc(-c2ccc(OC(=O)O)cc2)cc1-c1ccc2c(c1)C(C)(C)CCC2(C)C)C(C)C. The van der Waals surface area contributed by atoms with E-state index in [9.17, 15) is 9.59 Å². The van der Waals surface area contributed by atoms with Crippen LogP contribution in [-0.2, 0) is 15.6 Å². The number of amides is 1. The second kappa shape index (κ2) is 12.6. The summed E-state index contributed by atoms with van der Waals surface area (Å²) in [6.07, 6.45) is 2.68. The Balaban J connectivity index is 1.65. The van der Waals surface area contributed by atoms with E-state index in [1.54, 1.807) is 19.1 Å². The van der Waals surface area contributed by atoms with Crippen LogP contribution in [0.1, 0.15) is 85.3 Å². The van der Waals surface area contributed by atoms with E-state index in [1.807, 2.05) is 43.0 Å². The van der Waals surface area contributed by atoms with Crippen molar-refractivity contribution in [1.29, 1.82) is 0 Å². The van der Waals surface area contributed by atoms with Crippen LogP contribution < -0.4 is 9.47 Å². The maximum Gasteiger partial charge on any atom is 0.511 e. The molecule has 6 heteroatoms. The van der Waals surface area contributed by atoms with Gasteiger partial charge in [-0.05, 0) is 102 Å². The Bertz CT molecular complexity index is 1420. The highest BCUT2D eigenvalue weighted by molar-refractivity contribution is 5.79. The molecule has 1 amide bonds. The van der Waals surface area contributed by atoms with Gasteiger partial charge in [0, 0.05) is 25.1 Å². The Morgan fingerprint density at radius 3 is 2.07 bits per heavy atom. The van der Waals surface area contributed by atoms with E-state index >= 15 is 0 Å². The lowest BCUT2D eigenvalue weighted by molar-refractivity contribution is -0.130. The van der Waals surface area contributed by atoms with Gasteiger partial charge in [-0.1, -0.05) is 64.1 Å². The van der Waals surface area contributed by atoms with Crippen LogP contribution in [0, 0.1) is 0 Å². The van der Waals surface area contributed by atoms with Gasteiger partial charge in [-0.2, -0.15) is 0 Å². The fourth-order valence-electron chi connectivity index (χ4n) is 5.98. The molecule has 3 aromatic rings. The lowest BCUT2D eigenvalue weighted by Gasteiger charge is -2.42. The smallest absolute Gasteiger partial charge is 0.493 e. The Labute approximate surface area is 250 Å². The van der Waals surface area contributed by atoms with Crippen LogP contribution in [-0.4, -0.2) is 41.3 Å². The predicted molar refractivity (Wildman–Crippen MR) is 169 cm³/mol. The molecule has 42 heavy (non-hydrogen) atoms. The lowest BCUT2D eigenvalue weighted by Crippen LogP contribution is -2.36. The number of fused-ring (bicyclic) bond motifs is 1. The molecule has 0 radical (unpaired) electrons. The molecule has 0 saturated heterocycles. The molecule has 6 nitrogen and oxygen atoms in total. The van der Waals surface area contributed by atoms with Crippen LogP contribution in [0.5, 0.6) is 11.5 Å². The summed E-state index contributed by atoms with van der Waals surface area (Å²) in [6.45, 7) is 16.3. The molecule has 0 heterocycles. The minimum atomic E-state index is -1.33. The number of nitrogens with zero attached hydrogens (tertiary/aromatic N) is 1. The van der Waals surface area contributed by atoms with Crippen molar-refractivity contribution in [2.24, 2.45) is 0 Å². The van der Waals surface area contributed by atoms with Gasteiger partial charge in [0.25, 0.3) is 0 Å². The second-order valence-electron chi connectivity index (χ2n) is 13.0. The molecule has 224 valence electrons. The minimum Gasteiger partial charge on any atom is -0.493 e. The van der Waals surface area contributed by atoms with E-state index in [4.69, 9.17) is 14.6 Å². The molecule has 0 aliphatic heterocycles. The third-order valence-corrected chi connectivity index (χ3v) is 8.61. The van der Waals surface area contributed by atoms with E-state index in [2.05, 4.69) is 52.0 Å². The molecular formula is C36H45NO5. The molecular weight excluding hydrogens is 526 g/mol. The van der Waals surface area contributed by atoms with Gasteiger partial charge >= 0.3 is 6.16 Å². The van der Waals surface area contributed by atoms with Crippen LogP contribution in [0.15, 0.2) is 60.7 Å². The molecule has 4 rings (SSSR count). The minimum absolute atomic E-state index is 0.0818. The van der Waals surface area contributed by atoms with E-state index in [-0.39, 0.29) is 28.5 Å². The quantitative estimate of drug-likeness (QED) is 0.149. The van der Waals surface area contributed by atoms with Crippen molar-refractivity contribution >= 4 is 12.1 Å². The Morgan fingerprint density at radius 2 is 1.45 bits per heavy atom. The van der Waals surface area contributed by atoms with Gasteiger partial charge in [0.05, 0.1) is 6.61 Å². The Kier molecular flexibility index (Phi) is 9.34. The molecule has 1 aliphatic carbocycles. The highest BCUT2D eigenvalue weighted by Crippen LogP contribution is 2.47. The number of hydrogen-bond donors (Lipinski definition) is 1. The van der Waals surface area contributed by atoms with Gasteiger partial charge in [0.2, 0.25) is 5.91 Å². The zero-order valence-corrected chi connectivity index (χ0v) is 26.1. The molecule has 0 unspecified atom stereocenters. The Morgan fingerprint density at radius 1 is 0.833 bits per heavy atom. The average Bonchev–Trinajstić information content (AvgIpc) is 2.93. The number of carbonyl (C=O) groups is 2. The summed E-state index contributed by atoms with van der Waals surface area (Å²) < 4.78 is 11.2. The monoisotopic (exact) mass is 571 g/mol. The average molecular weight is 572 g/mol. The summed E-state index contributed by atoms with van der Waals surface area (Å²) in [5.74, 6) is 1.21. The molecule has 0 atom stereocenters. The number of carboxylic acid groups (broad SMARTS) is 1. The number of rotatable bonds is 10. The van der Waals surface area contributed by atoms with Crippen LogP contribution in [0.4, 0.5) is 4.79 Å². The highest BCUT2D eigenvalue weighted by Gasteiger charge is 2.37. The van der Waals surface area contributed by atoms with Gasteiger partial charge in [-0.15, -0.1) is 0 Å². The summed E-state index contributed by atoms with van der Waals surface area (Å²) in [5.41, 5.74) is 7.12. The molecule has 0 spiro atoms. The van der Waals surface area contributed by atoms with Crippen molar-refractivity contribution in [1.82, 2.24) is 4.90 Å². The maximum absolute atomic E-state index is 11.9. The highest BCUT2D eigenvalue weighted by atomic mass is 16.7. The molecule has 0 fully saturated rings. The molecule has 1 aliphatic rings. The number of ether oxygens (including phenoxy) is 2. The van der Waals surface area contributed by atoms with Crippen LogP contribution in [0.2, 0.25) is 0 Å². The molecule has 3 aromatic carbocycles. The van der Waals surface area contributed by atoms with Gasteiger partial charge in [0.15, 0.2) is 0 Å². The van der Waals surface area contributed by atoms with Crippen molar-refractivity contribution < 1.29 is 24.2 Å². The van der Waals surface area contributed by atoms with Crippen LogP contribution >= 0.6 is 0 Å². The van der Waals surface area contributed by atoms with Gasteiger partial charge in [0.1, 0.15) is 11.5 Å². The summed E-state index contributed by atoms with van der Waals surface area (Å²) in [5, 5.41) is 8.93. The summed E-state index contributed by atoms with van der Waals surface area (Å²) in [6, 6.07) is 20.3. The van der Waals surface area contributed by atoms with Crippen molar-refractivity contribution in [2.75, 3.05) is 13.2 Å². The zero-order chi connectivity index (χ0) is 30.7. The summed E-state index contributed by atoms with van der Waals surface area (Å²) >= 11 is 0. The molecule has 0 saturated carbocycles. The van der Waals surface area contributed by atoms with Crippen LogP contribution in [0.3, 0.4) is 0 Å². The first-order valence-electron chi connectivity index (χ1n) is 15.0. The number of unbranched alkanes of at least 4 members (excludes halogenated alkanes) is 1. The lowest BCUT2D eigenvalue weighted by atomic mass is 9.63. The van der Waals surface area contributed by atoms with E-state index in [0.29, 0.717) is 6.61 Å². The predicted octanol–water partition coefficient (Wildman–Crippen LogP) is 8.84. The van der Waals surface area contributed by atoms with Gasteiger partial charge < -0.3 is 19.5 Å². The third-order valence-electron chi connectivity index (χ3n) is 8.61. The summed E-state index contributed by atoms with van der Waals surface area (Å²) in [7, 11) is 0. The zero-order valence-electron chi connectivity index (χ0n) is 26.1. The standard InChI is InChI=1S/C36H45NO5/c1-24(2)37(25(3)38)20-8-9-21-41-33-17-13-27(26-10-14-29(15-11-26)42-34(39)40)22-30(33)28-12-16-31-32(23-28)36(6,7)19-18-35(31,4)5/h10-17,22-24H,8-9,18-21H2,1-7H3,(H,39,40). The Hall–Kier alpha value is -3.80. The van der Waals surface area contributed by atoms with Gasteiger partial charge in [-0.3, -0.25) is 4.79 Å². The number of carbonyl (C=O) groups excluding carboxylic acids is 1. The molecule has 1 N–H and O–H groups in total. The van der Waals surface area contributed by atoms with Gasteiger partial charge in [-0.25, -0.2) is 4.79 Å². The van der Waals surface area contributed by atoms with E-state index in [0.717, 1.165) is 60.2 Å². The first kappa shape index (κ1) is 31.1. The molecule has 0 aromatic heterocycles. The van der Waals surface area contributed by atoms with E-state index in [1.165, 1.54) is 11.1 Å². The normalized spacial score (nSPS) is 15.1. The fourth-order valence-corrected chi connectivity index (χ4v) is 5.98.